The average Bonchev–Trinajstić information content (AvgIpc) is 2.17. The third-order valence-electron chi connectivity index (χ3n) is 2.39. The molecule has 0 fully saturated rings. The Morgan fingerprint density at radius 1 is 1.35 bits per heavy atom. The van der Waals surface area contributed by atoms with Crippen LogP contribution >= 0.6 is 11.6 Å². The van der Waals surface area contributed by atoms with Crippen LogP contribution in [-0.2, 0) is 11.2 Å². The summed E-state index contributed by atoms with van der Waals surface area (Å²) in [5, 5.41) is 3.71. The second-order valence-electron chi connectivity index (χ2n) is 5.38. The van der Waals surface area contributed by atoms with Crippen LogP contribution in [0.1, 0.15) is 38.3 Å². The normalized spacial score (nSPS) is 11.4. The molecule has 17 heavy (non-hydrogen) atoms. The topological polar surface area (TPSA) is 29.1 Å². The number of halogens is 1. The van der Waals surface area contributed by atoms with Crippen LogP contribution in [-0.4, -0.2) is 11.4 Å². The fraction of sp³-hybridized carbons (Fsp3) is 0.500. The maximum atomic E-state index is 11.6. The summed E-state index contributed by atoms with van der Waals surface area (Å²) in [5.41, 5.74) is 2.00. The zero-order valence-electron chi connectivity index (χ0n) is 10.9. The van der Waals surface area contributed by atoms with Gasteiger partial charge in [-0.05, 0) is 51.3 Å². The molecule has 0 aliphatic heterocycles. The highest BCUT2D eigenvalue weighted by molar-refractivity contribution is 6.31. The number of carbonyl (C=O) groups is 1. The number of nitrogens with one attached hydrogen (secondary N) is 1. The van der Waals surface area contributed by atoms with Crippen LogP contribution in [0, 0.1) is 6.92 Å². The van der Waals surface area contributed by atoms with Crippen molar-refractivity contribution in [2.45, 2.75) is 46.1 Å². The first-order valence-corrected chi connectivity index (χ1v) is 6.22. The standard InChI is InChI=1S/C14H20ClNO/c1-10-5-6-11(9-12(10)15)7-8-13(17)16-14(2,3)4/h5-6,9H,7-8H2,1-4H3,(H,16,17). The third kappa shape index (κ3) is 5.22. The van der Waals surface area contributed by atoms with E-state index in [2.05, 4.69) is 5.32 Å². The number of benzene rings is 1. The van der Waals surface area contributed by atoms with Crippen LogP contribution in [0.2, 0.25) is 5.02 Å². The molecule has 0 saturated carbocycles. The Morgan fingerprint density at radius 3 is 2.53 bits per heavy atom. The Labute approximate surface area is 108 Å². The van der Waals surface area contributed by atoms with Gasteiger partial charge in [-0.3, -0.25) is 4.79 Å². The summed E-state index contributed by atoms with van der Waals surface area (Å²) in [7, 11) is 0. The average molecular weight is 254 g/mol. The highest BCUT2D eigenvalue weighted by atomic mass is 35.5. The smallest absolute Gasteiger partial charge is 0.220 e. The Kier molecular flexibility index (Phi) is 4.58. The second-order valence-corrected chi connectivity index (χ2v) is 5.79. The highest BCUT2D eigenvalue weighted by Crippen LogP contribution is 2.17. The van der Waals surface area contributed by atoms with E-state index in [-0.39, 0.29) is 11.4 Å². The number of hydrogen-bond donors (Lipinski definition) is 1. The first-order chi connectivity index (χ1) is 7.78. The van der Waals surface area contributed by atoms with E-state index >= 15 is 0 Å². The molecule has 0 unspecified atom stereocenters. The van der Waals surface area contributed by atoms with Crippen molar-refractivity contribution in [3.05, 3.63) is 34.3 Å². The molecule has 0 aliphatic rings. The fourth-order valence-corrected chi connectivity index (χ4v) is 1.73. The summed E-state index contributed by atoms with van der Waals surface area (Å²) < 4.78 is 0. The van der Waals surface area contributed by atoms with Gasteiger partial charge in [-0.15, -0.1) is 0 Å². The molecule has 2 nitrogen and oxygen atoms in total. The number of aryl methyl sites for hydroxylation is 2. The third-order valence-corrected chi connectivity index (χ3v) is 2.80. The lowest BCUT2D eigenvalue weighted by Gasteiger charge is -2.20. The molecule has 0 bridgehead atoms. The van der Waals surface area contributed by atoms with Gasteiger partial charge in [-0.25, -0.2) is 0 Å². The first kappa shape index (κ1) is 14.0. The largest absolute Gasteiger partial charge is 0.351 e. The Balaban J connectivity index is 2.50. The molecule has 1 N–H and O–H groups in total. The van der Waals surface area contributed by atoms with Gasteiger partial charge in [0.05, 0.1) is 0 Å². The second kappa shape index (κ2) is 5.54. The Hall–Kier alpha value is -1.02. The van der Waals surface area contributed by atoms with Crippen molar-refractivity contribution < 1.29 is 4.79 Å². The van der Waals surface area contributed by atoms with E-state index in [1.807, 2.05) is 45.9 Å². The first-order valence-electron chi connectivity index (χ1n) is 5.84. The molecule has 3 heteroatoms. The van der Waals surface area contributed by atoms with E-state index in [0.29, 0.717) is 6.42 Å². The highest BCUT2D eigenvalue weighted by Gasteiger charge is 2.13. The van der Waals surface area contributed by atoms with Crippen LogP contribution in [0.15, 0.2) is 18.2 Å². The summed E-state index contributed by atoms with van der Waals surface area (Å²) in [6, 6.07) is 5.94. The van der Waals surface area contributed by atoms with Gasteiger partial charge < -0.3 is 5.32 Å². The molecule has 1 rings (SSSR count). The minimum Gasteiger partial charge on any atom is -0.351 e. The summed E-state index contributed by atoms with van der Waals surface area (Å²) in [6.07, 6.45) is 1.22. The number of carbonyl (C=O) groups excluding carboxylic acids is 1. The van der Waals surface area contributed by atoms with E-state index < -0.39 is 0 Å². The van der Waals surface area contributed by atoms with Crippen molar-refractivity contribution in [1.82, 2.24) is 5.32 Å². The lowest BCUT2D eigenvalue weighted by atomic mass is 10.1. The molecule has 0 radical (unpaired) electrons. The van der Waals surface area contributed by atoms with Crippen molar-refractivity contribution in [2.24, 2.45) is 0 Å². The molecule has 0 heterocycles. The summed E-state index contributed by atoms with van der Waals surface area (Å²) in [4.78, 5) is 11.6. The van der Waals surface area contributed by atoms with E-state index in [1.54, 1.807) is 0 Å². The van der Waals surface area contributed by atoms with Gasteiger partial charge in [0.2, 0.25) is 5.91 Å². The molecule has 0 aliphatic carbocycles. The number of rotatable bonds is 3. The summed E-state index contributed by atoms with van der Waals surface area (Å²) in [5.74, 6) is 0.0780. The Morgan fingerprint density at radius 2 is 2.00 bits per heavy atom. The minimum atomic E-state index is -0.165. The van der Waals surface area contributed by atoms with Gasteiger partial charge in [0.25, 0.3) is 0 Å². The lowest BCUT2D eigenvalue weighted by Crippen LogP contribution is -2.40. The molecule has 0 spiro atoms. The molecular formula is C14H20ClNO. The molecule has 94 valence electrons. The maximum Gasteiger partial charge on any atom is 0.220 e. The molecule has 1 aromatic carbocycles. The zero-order chi connectivity index (χ0) is 13.1. The van der Waals surface area contributed by atoms with Crippen LogP contribution in [0.25, 0.3) is 0 Å². The monoisotopic (exact) mass is 253 g/mol. The van der Waals surface area contributed by atoms with Gasteiger partial charge in [-0.1, -0.05) is 23.7 Å². The van der Waals surface area contributed by atoms with Gasteiger partial charge in [-0.2, -0.15) is 0 Å². The van der Waals surface area contributed by atoms with Crippen LogP contribution < -0.4 is 5.32 Å². The van der Waals surface area contributed by atoms with Crippen molar-refractivity contribution in [3.63, 3.8) is 0 Å². The van der Waals surface area contributed by atoms with Crippen molar-refractivity contribution in [1.29, 1.82) is 0 Å². The van der Waals surface area contributed by atoms with Crippen molar-refractivity contribution >= 4 is 17.5 Å². The van der Waals surface area contributed by atoms with Gasteiger partial charge in [0, 0.05) is 17.0 Å². The predicted octanol–water partition coefficient (Wildman–Crippen LogP) is 3.50. The van der Waals surface area contributed by atoms with E-state index in [1.165, 1.54) is 0 Å². The van der Waals surface area contributed by atoms with Crippen LogP contribution in [0.4, 0.5) is 0 Å². The molecule has 1 amide bonds. The van der Waals surface area contributed by atoms with E-state index in [4.69, 9.17) is 11.6 Å². The molecule has 0 atom stereocenters. The number of amides is 1. The lowest BCUT2D eigenvalue weighted by molar-refractivity contribution is -0.122. The van der Waals surface area contributed by atoms with Crippen molar-refractivity contribution in [3.8, 4) is 0 Å². The van der Waals surface area contributed by atoms with Crippen LogP contribution in [0.5, 0.6) is 0 Å². The quantitative estimate of drug-likeness (QED) is 0.878. The predicted molar refractivity (Wildman–Crippen MR) is 72.4 cm³/mol. The van der Waals surface area contributed by atoms with Gasteiger partial charge in [0.15, 0.2) is 0 Å². The molecule has 0 saturated heterocycles. The molecular weight excluding hydrogens is 234 g/mol. The van der Waals surface area contributed by atoms with Gasteiger partial charge >= 0.3 is 0 Å². The molecule has 1 aromatic rings. The minimum absolute atomic E-state index is 0.0780. The number of hydrogen-bond acceptors (Lipinski definition) is 1. The molecule has 0 aromatic heterocycles. The fourth-order valence-electron chi connectivity index (χ4n) is 1.53. The summed E-state index contributed by atoms with van der Waals surface area (Å²) in [6.45, 7) is 7.91. The van der Waals surface area contributed by atoms with Gasteiger partial charge in [0.1, 0.15) is 0 Å². The summed E-state index contributed by atoms with van der Waals surface area (Å²) >= 11 is 6.04. The van der Waals surface area contributed by atoms with E-state index in [9.17, 15) is 4.79 Å². The van der Waals surface area contributed by atoms with Crippen molar-refractivity contribution in [2.75, 3.05) is 0 Å². The zero-order valence-corrected chi connectivity index (χ0v) is 11.7. The maximum absolute atomic E-state index is 11.6. The SMILES string of the molecule is Cc1ccc(CCC(=O)NC(C)(C)C)cc1Cl. The van der Waals surface area contributed by atoms with Crippen LogP contribution in [0.3, 0.4) is 0 Å². The Bertz CT molecular complexity index is 407. The van der Waals surface area contributed by atoms with E-state index in [0.717, 1.165) is 22.6 Å².